The number of benzene rings is 4. The molecule has 2 saturated heterocycles. The van der Waals surface area contributed by atoms with Crippen molar-refractivity contribution >= 4 is 16.7 Å². The first kappa shape index (κ1) is 22.5. The van der Waals surface area contributed by atoms with E-state index in [1.165, 1.54) is 0 Å². The van der Waals surface area contributed by atoms with Crippen LogP contribution in [0.4, 0.5) is 0 Å². The number of esters is 1. The molecular formula is C31H26O6. The third kappa shape index (κ3) is 3.98. The van der Waals surface area contributed by atoms with E-state index in [9.17, 15) is 9.90 Å². The molecule has 6 nitrogen and oxygen atoms in total. The molecule has 4 aromatic carbocycles. The molecule has 0 spiro atoms. The van der Waals surface area contributed by atoms with Crippen LogP contribution in [0.2, 0.25) is 0 Å². The van der Waals surface area contributed by atoms with Gasteiger partial charge in [-0.05, 0) is 57.3 Å². The van der Waals surface area contributed by atoms with Crippen molar-refractivity contribution in [2.75, 3.05) is 6.61 Å². The zero-order valence-corrected chi connectivity index (χ0v) is 20.2. The van der Waals surface area contributed by atoms with E-state index >= 15 is 0 Å². The Balaban J connectivity index is 1.17. The van der Waals surface area contributed by atoms with Gasteiger partial charge in [0.05, 0.1) is 23.9 Å². The maximum Gasteiger partial charge on any atom is 0.338 e. The first-order valence-electron chi connectivity index (χ1n) is 12.6. The van der Waals surface area contributed by atoms with Crippen LogP contribution in [0, 0.1) is 0 Å². The monoisotopic (exact) mass is 494 g/mol. The lowest BCUT2D eigenvalue weighted by atomic mass is 9.83. The molecule has 7 rings (SSSR count). The fraction of sp³-hybridized carbons (Fsp3) is 0.258. The molecular weight excluding hydrogens is 468 g/mol. The van der Waals surface area contributed by atoms with Gasteiger partial charge >= 0.3 is 5.97 Å². The predicted molar refractivity (Wildman–Crippen MR) is 137 cm³/mol. The van der Waals surface area contributed by atoms with E-state index in [1.54, 1.807) is 0 Å². The van der Waals surface area contributed by atoms with Crippen molar-refractivity contribution in [2.24, 2.45) is 0 Å². The van der Waals surface area contributed by atoms with Gasteiger partial charge in [0.15, 0.2) is 6.29 Å². The van der Waals surface area contributed by atoms with Crippen molar-refractivity contribution in [3.8, 4) is 16.9 Å². The lowest BCUT2D eigenvalue weighted by molar-refractivity contribution is -0.159. The molecule has 0 aliphatic carbocycles. The highest BCUT2D eigenvalue weighted by Crippen LogP contribution is 2.42. The van der Waals surface area contributed by atoms with Crippen molar-refractivity contribution in [1.29, 1.82) is 0 Å². The summed E-state index contributed by atoms with van der Waals surface area (Å²) < 4.78 is 22.9. The number of rotatable bonds is 5. The number of carbonyl (C=O) groups is 1. The van der Waals surface area contributed by atoms with Crippen molar-refractivity contribution < 1.29 is 28.8 Å². The first-order valence-corrected chi connectivity index (χ1v) is 12.6. The second kappa shape index (κ2) is 8.70. The van der Waals surface area contributed by atoms with Gasteiger partial charge < -0.3 is 24.1 Å². The van der Waals surface area contributed by atoms with E-state index in [4.69, 9.17) is 18.9 Å². The van der Waals surface area contributed by atoms with Gasteiger partial charge in [-0.25, -0.2) is 4.79 Å². The highest BCUT2D eigenvalue weighted by molar-refractivity contribution is 6.07. The van der Waals surface area contributed by atoms with Crippen molar-refractivity contribution in [1.82, 2.24) is 0 Å². The average molecular weight is 495 g/mol. The Bertz CT molecular complexity index is 1500. The Kier molecular flexibility index (Phi) is 5.29. The van der Waals surface area contributed by atoms with Crippen LogP contribution in [0.25, 0.3) is 21.9 Å². The molecule has 186 valence electrons. The summed E-state index contributed by atoms with van der Waals surface area (Å²) >= 11 is 0. The Morgan fingerprint density at radius 2 is 1.86 bits per heavy atom. The van der Waals surface area contributed by atoms with E-state index in [0.717, 1.165) is 38.6 Å². The van der Waals surface area contributed by atoms with Crippen LogP contribution in [0.1, 0.15) is 39.9 Å². The summed E-state index contributed by atoms with van der Waals surface area (Å²) in [4.78, 5) is 12.4. The quantitative estimate of drug-likeness (QED) is 0.371. The molecule has 0 amide bonds. The molecule has 3 heterocycles. The number of cyclic esters (lactones) is 1. The molecule has 37 heavy (non-hydrogen) atoms. The van der Waals surface area contributed by atoms with Gasteiger partial charge in [-0.2, -0.15) is 0 Å². The topological polar surface area (TPSA) is 74.2 Å². The molecule has 2 bridgehead atoms. The summed E-state index contributed by atoms with van der Waals surface area (Å²) in [5.41, 5.74) is 4.48. The highest BCUT2D eigenvalue weighted by Gasteiger charge is 2.45. The molecule has 3 atom stereocenters. The van der Waals surface area contributed by atoms with Crippen LogP contribution in [0.15, 0.2) is 78.9 Å². The lowest BCUT2D eigenvalue weighted by Crippen LogP contribution is -2.39. The van der Waals surface area contributed by atoms with Gasteiger partial charge in [0.25, 0.3) is 0 Å². The summed E-state index contributed by atoms with van der Waals surface area (Å²) in [5, 5.41) is 13.3. The average Bonchev–Trinajstić information content (AvgIpc) is 3.47. The van der Waals surface area contributed by atoms with Crippen LogP contribution < -0.4 is 4.74 Å². The molecule has 2 fully saturated rings. The molecule has 0 aromatic heterocycles. The van der Waals surface area contributed by atoms with Gasteiger partial charge in [-0.3, -0.25) is 0 Å². The summed E-state index contributed by atoms with van der Waals surface area (Å²) in [5.74, 6) is 0.418. The number of hydrogen-bond donors (Lipinski definition) is 1. The second-order valence-corrected chi connectivity index (χ2v) is 10.1. The zero-order chi connectivity index (χ0) is 25.0. The molecule has 0 radical (unpaired) electrons. The third-order valence-electron chi connectivity index (χ3n) is 7.60. The largest absolute Gasteiger partial charge is 0.489 e. The van der Waals surface area contributed by atoms with Crippen LogP contribution >= 0.6 is 0 Å². The highest BCUT2D eigenvalue weighted by atomic mass is 16.7. The fourth-order valence-electron chi connectivity index (χ4n) is 5.81. The SMILES string of the molecule is O=C1OCc2c1cc1cc(OCc3cccc(C4(O)CC5COC(C4)O5)c3)ccc1c2-c1ccccc1. The third-order valence-corrected chi connectivity index (χ3v) is 7.60. The van der Waals surface area contributed by atoms with E-state index in [1.807, 2.05) is 66.7 Å². The Hall–Kier alpha value is -3.71. The smallest absolute Gasteiger partial charge is 0.338 e. The number of hydrogen-bond acceptors (Lipinski definition) is 6. The van der Waals surface area contributed by atoms with Crippen molar-refractivity contribution in [2.45, 2.75) is 44.1 Å². The number of aliphatic hydroxyl groups is 1. The van der Waals surface area contributed by atoms with Crippen molar-refractivity contribution in [3.05, 3.63) is 101 Å². The van der Waals surface area contributed by atoms with Gasteiger partial charge in [0.2, 0.25) is 0 Å². The van der Waals surface area contributed by atoms with Crippen molar-refractivity contribution in [3.63, 3.8) is 0 Å². The first-order chi connectivity index (χ1) is 18.1. The Morgan fingerprint density at radius 1 is 0.973 bits per heavy atom. The van der Waals surface area contributed by atoms with E-state index in [2.05, 4.69) is 12.1 Å². The normalized spacial score (nSPS) is 24.2. The summed E-state index contributed by atoms with van der Waals surface area (Å²) in [7, 11) is 0. The Morgan fingerprint density at radius 3 is 2.73 bits per heavy atom. The molecule has 3 unspecified atom stereocenters. The molecule has 3 aliphatic heterocycles. The lowest BCUT2D eigenvalue weighted by Gasteiger charge is -2.35. The van der Waals surface area contributed by atoms with E-state index in [0.29, 0.717) is 37.4 Å². The molecule has 6 heteroatoms. The van der Waals surface area contributed by atoms with Gasteiger partial charge in [0.1, 0.15) is 19.0 Å². The molecule has 0 saturated carbocycles. The maximum atomic E-state index is 12.4. The molecule has 1 N–H and O–H groups in total. The second-order valence-electron chi connectivity index (χ2n) is 10.1. The van der Waals surface area contributed by atoms with Gasteiger partial charge in [-0.15, -0.1) is 0 Å². The van der Waals surface area contributed by atoms with Gasteiger partial charge in [0, 0.05) is 18.4 Å². The van der Waals surface area contributed by atoms with Crippen LogP contribution in [0.5, 0.6) is 5.75 Å². The predicted octanol–water partition coefficient (Wildman–Crippen LogP) is 5.48. The minimum Gasteiger partial charge on any atom is -0.489 e. The van der Waals surface area contributed by atoms with Crippen LogP contribution in [-0.4, -0.2) is 30.1 Å². The molecule has 4 aromatic rings. The van der Waals surface area contributed by atoms with Crippen LogP contribution in [0.3, 0.4) is 0 Å². The van der Waals surface area contributed by atoms with E-state index < -0.39 is 5.60 Å². The van der Waals surface area contributed by atoms with E-state index in [-0.39, 0.29) is 25.0 Å². The number of fused-ring (bicyclic) bond motifs is 4. The fourth-order valence-corrected chi connectivity index (χ4v) is 5.81. The molecule has 3 aliphatic rings. The standard InChI is InChI=1S/C31H26O6/c32-30-26-13-21-12-23(9-10-25(21)29(27(26)18-36-30)20-6-2-1-3-7-20)34-16-19-5-4-8-22(11-19)31(33)14-24-17-35-28(15-31)37-24/h1-13,24,28,33H,14-18H2. The summed E-state index contributed by atoms with van der Waals surface area (Å²) in [6.07, 6.45) is 0.533. The minimum absolute atomic E-state index is 0.0687. The minimum atomic E-state index is -0.966. The van der Waals surface area contributed by atoms with Crippen LogP contribution in [-0.2, 0) is 33.0 Å². The summed E-state index contributed by atoms with van der Waals surface area (Å²) in [6, 6.07) is 25.9. The van der Waals surface area contributed by atoms with Gasteiger partial charge in [-0.1, -0.05) is 54.6 Å². The Labute approximate surface area is 214 Å². The summed E-state index contributed by atoms with van der Waals surface area (Å²) in [6.45, 7) is 1.17. The number of carbonyl (C=O) groups excluding carboxylic acids is 1. The maximum absolute atomic E-state index is 12.4. The number of ether oxygens (including phenoxy) is 4. The zero-order valence-electron chi connectivity index (χ0n) is 20.2.